The molecule has 1 aliphatic rings. The molecule has 0 saturated heterocycles. The quantitative estimate of drug-likeness (QED) is 0.238. The monoisotopic (exact) mass is 513 g/mol. The van der Waals surface area contributed by atoms with E-state index in [4.69, 9.17) is 9.47 Å². The zero-order chi connectivity index (χ0) is 26.5. The lowest BCUT2D eigenvalue weighted by Gasteiger charge is -2.32. The Bertz CT molecular complexity index is 1350. The molecule has 3 aromatic carbocycles. The van der Waals surface area contributed by atoms with Crippen LogP contribution in [0.5, 0.6) is 11.5 Å². The summed E-state index contributed by atoms with van der Waals surface area (Å²) >= 11 is 0. The number of anilines is 1. The molecule has 0 fully saturated rings. The van der Waals surface area contributed by atoms with Gasteiger partial charge in [-0.2, -0.15) is 8.78 Å². The first kappa shape index (κ1) is 25.8. The van der Waals surface area contributed by atoms with E-state index in [-0.39, 0.29) is 23.7 Å². The van der Waals surface area contributed by atoms with Crippen molar-refractivity contribution in [3.63, 3.8) is 0 Å². The third-order valence-corrected chi connectivity index (χ3v) is 5.69. The van der Waals surface area contributed by atoms with Gasteiger partial charge >= 0.3 is 12.6 Å². The van der Waals surface area contributed by atoms with Gasteiger partial charge in [-0.15, -0.1) is 0 Å². The average Bonchev–Trinajstić information content (AvgIpc) is 2.88. The summed E-state index contributed by atoms with van der Waals surface area (Å²) in [4.78, 5) is 14.1. The van der Waals surface area contributed by atoms with E-state index in [0.717, 1.165) is 18.4 Å². The van der Waals surface area contributed by atoms with Crippen molar-refractivity contribution >= 4 is 17.4 Å². The van der Waals surface area contributed by atoms with Crippen LogP contribution in [-0.2, 0) is 11.3 Å². The number of methoxy groups -OCH3 is 1. The molecule has 9 heteroatoms. The minimum atomic E-state index is -3.13. The lowest BCUT2D eigenvalue weighted by atomic mass is 10.0. The predicted octanol–water partition coefficient (Wildman–Crippen LogP) is 7.09. The van der Waals surface area contributed by atoms with Gasteiger partial charge in [-0.1, -0.05) is 24.3 Å². The van der Waals surface area contributed by atoms with Gasteiger partial charge in [-0.3, -0.25) is 0 Å². The zero-order valence-electron chi connectivity index (χ0n) is 20.0. The molecule has 5 nitrogen and oxygen atoms in total. The van der Waals surface area contributed by atoms with Crippen molar-refractivity contribution in [2.75, 3.05) is 12.0 Å². The van der Waals surface area contributed by atoms with E-state index >= 15 is 0 Å². The maximum atomic E-state index is 14.4. The molecule has 0 radical (unpaired) electrons. The summed E-state index contributed by atoms with van der Waals surface area (Å²) in [7, 11) is 1.13. The molecular formula is C28H23F4NO4. The summed E-state index contributed by atoms with van der Waals surface area (Å²) < 4.78 is 68.7. The third kappa shape index (κ3) is 5.94. The molecule has 0 aliphatic carbocycles. The zero-order valence-corrected chi connectivity index (χ0v) is 20.0. The number of halogens is 4. The van der Waals surface area contributed by atoms with Crippen LogP contribution in [0.1, 0.15) is 34.8 Å². The van der Waals surface area contributed by atoms with Gasteiger partial charge in [0.2, 0.25) is 0 Å². The van der Waals surface area contributed by atoms with Crippen LogP contribution < -0.4 is 14.4 Å². The van der Waals surface area contributed by atoms with Crippen LogP contribution in [0, 0.1) is 11.6 Å². The standard InChI is InChI=1S/C28H23F4NO4/c1-17-4-3-5-24(33(17)21-11-13-26(37-28(31)32)23(15-21)27(34)35-2)22-14-20(30)10-12-25(22)36-16-18-6-8-19(29)9-7-18/h4-15,28H,3,16H2,1-2H3. The number of rotatable bonds is 8. The number of allylic oxidation sites excluding steroid dienone is 3. The first-order valence-corrected chi connectivity index (χ1v) is 11.3. The predicted molar refractivity (Wildman–Crippen MR) is 130 cm³/mol. The first-order chi connectivity index (χ1) is 17.8. The molecule has 1 aliphatic heterocycles. The Kier molecular flexibility index (Phi) is 7.81. The topological polar surface area (TPSA) is 48.0 Å². The number of hydrogen-bond donors (Lipinski definition) is 0. The number of ether oxygens (including phenoxy) is 3. The maximum Gasteiger partial charge on any atom is 0.387 e. The average molecular weight is 513 g/mol. The molecule has 0 atom stereocenters. The Labute approximate surface area is 211 Å². The summed E-state index contributed by atoms with van der Waals surface area (Å²) in [5.74, 6) is -1.66. The van der Waals surface area contributed by atoms with E-state index in [9.17, 15) is 22.4 Å². The van der Waals surface area contributed by atoms with Crippen molar-refractivity contribution in [2.45, 2.75) is 26.6 Å². The van der Waals surface area contributed by atoms with Gasteiger partial charge in [-0.05, 0) is 67.4 Å². The molecule has 0 saturated carbocycles. The Morgan fingerprint density at radius 3 is 2.35 bits per heavy atom. The fraction of sp³-hybridized carbons (Fsp3) is 0.179. The number of benzene rings is 3. The Morgan fingerprint density at radius 1 is 0.946 bits per heavy atom. The van der Waals surface area contributed by atoms with E-state index in [0.29, 0.717) is 29.1 Å². The number of carbonyl (C=O) groups excluding carboxylic acids is 1. The van der Waals surface area contributed by atoms with E-state index in [1.807, 2.05) is 19.1 Å². The maximum absolute atomic E-state index is 14.4. The molecule has 0 amide bonds. The first-order valence-electron chi connectivity index (χ1n) is 11.3. The molecule has 0 aromatic heterocycles. The molecule has 4 rings (SSSR count). The normalized spacial score (nSPS) is 13.2. The molecule has 192 valence electrons. The smallest absolute Gasteiger partial charge is 0.387 e. The SMILES string of the molecule is COC(=O)c1cc(N2C(C)=CCC=C2c2cc(F)ccc2OCc2ccc(F)cc2)ccc1OC(F)F. The Balaban J connectivity index is 1.73. The van der Waals surface area contributed by atoms with Gasteiger partial charge in [-0.25, -0.2) is 13.6 Å². The van der Waals surface area contributed by atoms with Gasteiger partial charge in [0, 0.05) is 16.9 Å². The van der Waals surface area contributed by atoms with Crippen molar-refractivity contribution in [3.8, 4) is 11.5 Å². The van der Waals surface area contributed by atoms with Crippen molar-refractivity contribution in [3.05, 3.63) is 107 Å². The summed E-state index contributed by atoms with van der Waals surface area (Å²) in [6.07, 6.45) is 4.32. The fourth-order valence-electron chi connectivity index (χ4n) is 3.98. The van der Waals surface area contributed by atoms with Crippen LogP contribution >= 0.6 is 0 Å². The molecule has 1 heterocycles. The molecule has 37 heavy (non-hydrogen) atoms. The van der Waals surface area contributed by atoms with Gasteiger partial charge in [0.25, 0.3) is 0 Å². The number of nitrogens with zero attached hydrogens (tertiary/aromatic N) is 1. The van der Waals surface area contributed by atoms with Crippen LogP contribution in [0.15, 0.2) is 78.5 Å². The van der Waals surface area contributed by atoms with Gasteiger partial charge < -0.3 is 19.1 Å². The Morgan fingerprint density at radius 2 is 1.65 bits per heavy atom. The van der Waals surface area contributed by atoms with E-state index in [1.54, 1.807) is 17.0 Å². The molecular weight excluding hydrogens is 490 g/mol. The second-order valence-electron chi connectivity index (χ2n) is 8.11. The highest BCUT2D eigenvalue weighted by Gasteiger charge is 2.25. The molecule has 0 unspecified atom stereocenters. The van der Waals surface area contributed by atoms with Crippen LogP contribution in [0.25, 0.3) is 5.70 Å². The Hall–Kier alpha value is -4.27. The van der Waals surface area contributed by atoms with Crippen LogP contribution in [-0.4, -0.2) is 19.7 Å². The van der Waals surface area contributed by atoms with Crippen LogP contribution in [0.3, 0.4) is 0 Å². The van der Waals surface area contributed by atoms with Gasteiger partial charge in [0.15, 0.2) is 0 Å². The van der Waals surface area contributed by atoms with Crippen molar-refractivity contribution in [1.82, 2.24) is 0 Å². The number of hydrogen-bond acceptors (Lipinski definition) is 5. The van der Waals surface area contributed by atoms with E-state index in [2.05, 4.69) is 4.74 Å². The fourth-order valence-corrected chi connectivity index (χ4v) is 3.98. The third-order valence-electron chi connectivity index (χ3n) is 5.69. The summed E-state index contributed by atoms with van der Waals surface area (Å²) in [6, 6.07) is 14.1. The van der Waals surface area contributed by atoms with E-state index in [1.165, 1.54) is 48.5 Å². The lowest BCUT2D eigenvalue weighted by molar-refractivity contribution is -0.0504. The van der Waals surface area contributed by atoms with Crippen LogP contribution in [0.4, 0.5) is 23.2 Å². The van der Waals surface area contributed by atoms with Gasteiger partial charge in [0.05, 0.1) is 12.8 Å². The second kappa shape index (κ2) is 11.2. The lowest BCUT2D eigenvalue weighted by Crippen LogP contribution is -2.23. The molecule has 0 N–H and O–H groups in total. The van der Waals surface area contributed by atoms with Crippen LogP contribution in [0.2, 0.25) is 0 Å². The number of esters is 1. The van der Waals surface area contributed by atoms with Crippen molar-refractivity contribution < 1.29 is 36.6 Å². The summed E-state index contributed by atoms with van der Waals surface area (Å²) in [5, 5.41) is 0. The van der Waals surface area contributed by atoms with Crippen molar-refractivity contribution in [2.24, 2.45) is 0 Å². The van der Waals surface area contributed by atoms with E-state index < -0.39 is 18.4 Å². The highest BCUT2D eigenvalue weighted by Crippen LogP contribution is 2.39. The van der Waals surface area contributed by atoms with Gasteiger partial charge in [0.1, 0.15) is 35.3 Å². The number of alkyl halides is 2. The summed E-state index contributed by atoms with van der Waals surface area (Å²) in [5.41, 5.74) is 2.72. The largest absolute Gasteiger partial charge is 0.488 e. The summed E-state index contributed by atoms with van der Waals surface area (Å²) in [6.45, 7) is -1.19. The molecule has 3 aromatic rings. The number of carbonyl (C=O) groups is 1. The molecule has 0 bridgehead atoms. The molecule has 0 spiro atoms. The second-order valence-corrected chi connectivity index (χ2v) is 8.11. The van der Waals surface area contributed by atoms with Crippen molar-refractivity contribution in [1.29, 1.82) is 0 Å². The highest BCUT2D eigenvalue weighted by molar-refractivity contribution is 5.95. The minimum absolute atomic E-state index is 0.118. The highest BCUT2D eigenvalue weighted by atomic mass is 19.3. The minimum Gasteiger partial charge on any atom is -0.488 e.